The van der Waals surface area contributed by atoms with Gasteiger partial charge >= 0.3 is 0 Å². The van der Waals surface area contributed by atoms with E-state index in [1.54, 1.807) is 10.6 Å². The summed E-state index contributed by atoms with van der Waals surface area (Å²) in [5, 5.41) is 3.92. The van der Waals surface area contributed by atoms with Crippen molar-refractivity contribution in [3.05, 3.63) is 33.0 Å². The van der Waals surface area contributed by atoms with E-state index in [0.29, 0.717) is 29.1 Å². The van der Waals surface area contributed by atoms with Crippen molar-refractivity contribution in [2.24, 2.45) is 0 Å². The van der Waals surface area contributed by atoms with E-state index in [4.69, 9.17) is 0 Å². The van der Waals surface area contributed by atoms with Gasteiger partial charge < -0.3 is 5.32 Å². The molecule has 22 heavy (non-hydrogen) atoms. The van der Waals surface area contributed by atoms with Crippen LogP contribution < -0.4 is 10.9 Å². The fourth-order valence-corrected chi connectivity index (χ4v) is 3.30. The number of carbonyl (C=O) groups is 1. The van der Waals surface area contributed by atoms with Gasteiger partial charge in [0.05, 0.1) is 16.7 Å². The smallest absolute Gasteiger partial charge is 0.262 e. The Bertz CT molecular complexity index is 745. The minimum atomic E-state index is -0.0634. The fraction of sp³-hybridized carbons (Fsp3) is 0.400. The molecule has 1 N–H and O–H groups in total. The van der Waals surface area contributed by atoms with Gasteiger partial charge in [0, 0.05) is 17.6 Å². The third kappa shape index (κ3) is 3.89. The molecular formula is C15H18BrN3O2S. The molecule has 1 aromatic heterocycles. The lowest BCUT2D eigenvalue weighted by Crippen LogP contribution is -2.26. The third-order valence-electron chi connectivity index (χ3n) is 3.03. The van der Waals surface area contributed by atoms with Gasteiger partial charge in [0.2, 0.25) is 5.91 Å². The van der Waals surface area contributed by atoms with Crippen molar-refractivity contribution in [3.8, 4) is 0 Å². The summed E-state index contributed by atoms with van der Waals surface area (Å²) in [5.41, 5.74) is 0.588. The first-order valence-corrected chi connectivity index (χ1v) is 8.94. The first-order chi connectivity index (χ1) is 10.6. The molecule has 0 aliphatic heterocycles. The topological polar surface area (TPSA) is 64.0 Å². The summed E-state index contributed by atoms with van der Waals surface area (Å²) in [6.45, 7) is 5.07. The lowest BCUT2D eigenvalue weighted by Gasteiger charge is -2.12. The predicted molar refractivity (Wildman–Crippen MR) is 93.4 cm³/mol. The van der Waals surface area contributed by atoms with Crippen LogP contribution in [-0.4, -0.2) is 27.8 Å². The van der Waals surface area contributed by atoms with Crippen LogP contribution in [0.1, 0.15) is 20.3 Å². The van der Waals surface area contributed by atoms with E-state index in [2.05, 4.69) is 26.2 Å². The number of hydrogen-bond donors (Lipinski definition) is 1. The monoisotopic (exact) mass is 383 g/mol. The van der Waals surface area contributed by atoms with E-state index in [9.17, 15) is 9.59 Å². The largest absolute Gasteiger partial charge is 0.356 e. The van der Waals surface area contributed by atoms with Gasteiger partial charge in [-0.2, -0.15) is 0 Å². The Balaban J connectivity index is 2.43. The summed E-state index contributed by atoms with van der Waals surface area (Å²) in [6.07, 6.45) is 0.829. The molecule has 0 fully saturated rings. The molecule has 0 aliphatic carbocycles. The highest BCUT2D eigenvalue weighted by atomic mass is 79.9. The van der Waals surface area contributed by atoms with Crippen LogP contribution in [0.5, 0.6) is 0 Å². The highest BCUT2D eigenvalue weighted by Crippen LogP contribution is 2.20. The fourth-order valence-electron chi connectivity index (χ4n) is 2.08. The number of benzene rings is 1. The maximum Gasteiger partial charge on any atom is 0.262 e. The molecule has 0 radical (unpaired) electrons. The number of carbonyl (C=O) groups excluding carboxylic acids is 1. The van der Waals surface area contributed by atoms with Crippen molar-refractivity contribution in [1.82, 2.24) is 14.9 Å². The predicted octanol–water partition coefficient (Wildman–Crippen LogP) is 2.80. The SMILES string of the molecule is CCCn1c(SCC(=O)NCC)nc2ccc(Br)cc2c1=O. The van der Waals surface area contributed by atoms with Gasteiger partial charge in [0.15, 0.2) is 5.16 Å². The van der Waals surface area contributed by atoms with Crippen LogP contribution in [-0.2, 0) is 11.3 Å². The number of nitrogens with one attached hydrogen (secondary N) is 1. The average molecular weight is 384 g/mol. The van der Waals surface area contributed by atoms with Crippen LogP contribution in [0, 0.1) is 0 Å². The Morgan fingerprint density at radius 3 is 2.86 bits per heavy atom. The lowest BCUT2D eigenvalue weighted by molar-refractivity contribution is -0.118. The molecule has 0 saturated carbocycles. The van der Waals surface area contributed by atoms with Gasteiger partial charge in [-0.05, 0) is 31.5 Å². The minimum Gasteiger partial charge on any atom is -0.356 e. The molecule has 7 heteroatoms. The number of thioether (sulfide) groups is 1. The zero-order valence-electron chi connectivity index (χ0n) is 12.6. The van der Waals surface area contributed by atoms with Crippen LogP contribution in [0.25, 0.3) is 10.9 Å². The molecular weight excluding hydrogens is 366 g/mol. The van der Waals surface area contributed by atoms with Gasteiger partial charge in [0.25, 0.3) is 5.56 Å². The molecule has 1 heterocycles. The van der Waals surface area contributed by atoms with Crippen molar-refractivity contribution < 1.29 is 4.79 Å². The molecule has 0 atom stereocenters. The van der Waals surface area contributed by atoms with E-state index in [1.165, 1.54) is 11.8 Å². The van der Waals surface area contributed by atoms with E-state index in [0.717, 1.165) is 10.9 Å². The normalized spacial score (nSPS) is 10.9. The third-order valence-corrected chi connectivity index (χ3v) is 4.50. The van der Waals surface area contributed by atoms with Crippen LogP contribution >= 0.6 is 27.7 Å². The van der Waals surface area contributed by atoms with Crippen molar-refractivity contribution in [2.45, 2.75) is 32.0 Å². The Morgan fingerprint density at radius 1 is 1.41 bits per heavy atom. The molecule has 5 nitrogen and oxygen atoms in total. The van der Waals surface area contributed by atoms with E-state index in [1.807, 2.05) is 26.0 Å². The van der Waals surface area contributed by atoms with Gasteiger partial charge in [0.1, 0.15) is 0 Å². The molecule has 0 unspecified atom stereocenters. The molecule has 0 spiro atoms. The Labute approximate surface area is 141 Å². The molecule has 1 aromatic carbocycles. The molecule has 0 bridgehead atoms. The highest BCUT2D eigenvalue weighted by molar-refractivity contribution is 9.10. The Morgan fingerprint density at radius 2 is 2.18 bits per heavy atom. The second-order valence-corrected chi connectivity index (χ2v) is 6.61. The van der Waals surface area contributed by atoms with Gasteiger partial charge in [-0.3, -0.25) is 14.2 Å². The zero-order valence-corrected chi connectivity index (χ0v) is 15.0. The molecule has 0 aliphatic rings. The average Bonchev–Trinajstić information content (AvgIpc) is 2.49. The van der Waals surface area contributed by atoms with Crippen LogP contribution in [0.2, 0.25) is 0 Å². The first-order valence-electron chi connectivity index (χ1n) is 7.16. The van der Waals surface area contributed by atoms with Gasteiger partial charge in [-0.1, -0.05) is 34.6 Å². The van der Waals surface area contributed by atoms with Crippen LogP contribution in [0.15, 0.2) is 32.6 Å². The molecule has 1 amide bonds. The second-order valence-electron chi connectivity index (χ2n) is 4.75. The van der Waals surface area contributed by atoms with E-state index >= 15 is 0 Å². The number of hydrogen-bond acceptors (Lipinski definition) is 4. The maximum absolute atomic E-state index is 12.7. The molecule has 0 saturated heterocycles. The summed E-state index contributed by atoms with van der Waals surface area (Å²) in [6, 6.07) is 5.46. The quantitative estimate of drug-likeness (QED) is 0.615. The van der Waals surface area contributed by atoms with E-state index < -0.39 is 0 Å². The van der Waals surface area contributed by atoms with Crippen molar-refractivity contribution in [1.29, 1.82) is 0 Å². The second kappa shape index (κ2) is 7.78. The Kier molecular flexibility index (Phi) is 6.02. The number of amides is 1. The number of fused-ring (bicyclic) bond motifs is 1. The number of nitrogens with zero attached hydrogens (tertiary/aromatic N) is 2. The van der Waals surface area contributed by atoms with Crippen molar-refractivity contribution in [2.75, 3.05) is 12.3 Å². The summed E-state index contributed by atoms with van der Waals surface area (Å²) in [7, 11) is 0. The van der Waals surface area contributed by atoms with Crippen LogP contribution in [0.4, 0.5) is 0 Å². The van der Waals surface area contributed by atoms with Crippen molar-refractivity contribution in [3.63, 3.8) is 0 Å². The van der Waals surface area contributed by atoms with E-state index in [-0.39, 0.29) is 17.2 Å². The molecule has 2 rings (SSSR count). The number of halogens is 1. The molecule has 118 valence electrons. The van der Waals surface area contributed by atoms with Crippen molar-refractivity contribution >= 4 is 44.5 Å². The standard InChI is InChI=1S/C15H18BrN3O2S/c1-3-7-19-14(21)11-8-10(16)5-6-12(11)18-15(19)22-9-13(20)17-4-2/h5-6,8H,3-4,7,9H2,1-2H3,(H,17,20). The minimum absolute atomic E-state index is 0.0549. The number of aromatic nitrogens is 2. The summed E-state index contributed by atoms with van der Waals surface area (Å²) >= 11 is 4.68. The highest BCUT2D eigenvalue weighted by Gasteiger charge is 2.13. The zero-order chi connectivity index (χ0) is 16.1. The maximum atomic E-state index is 12.7. The first kappa shape index (κ1) is 17.0. The van der Waals surface area contributed by atoms with Gasteiger partial charge in [-0.25, -0.2) is 4.98 Å². The summed E-state index contributed by atoms with van der Waals surface area (Å²) in [4.78, 5) is 28.8. The van der Waals surface area contributed by atoms with Gasteiger partial charge in [-0.15, -0.1) is 0 Å². The molecule has 2 aromatic rings. The summed E-state index contributed by atoms with van der Waals surface area (Å²) < 4.78 is 2.50. The van der Waals surface area contributed by atoms with Crippen LogP contribution in [0.3, 0.4) is 0 Å². The summed E-state index contributed by atoms with van der Waals surface area (Å²) in [5.74, 6) is 0.201. The Hall–Kier alpha value is -1.34. The lowest BCUT2D eigenvalue weighted by atomic mass is 10.2. The number of rotatable bonds is 6.